The van der Waals surface area contributed by atoms with Crippen LogP contribution in [0.1, 0.15) is 24.5 Å². The minimum Gasteiger partial charge on any atom is -0.381 e. The maximum Gasteiger partial charge on any atom is 0.0947 e. The largest absolute Gasteiger partial charge is 0.381 e. The molecule has 1 aliphatic heterocycles. The Morgan fingerprint density at radius 2 is 1.94 bits per heavy atom. The standard InChI is InChI=1S/C14H21NO2/c15-10-14(13-4-2-1-3-5-13)17-11-12-6-8-16-9-7-12/h1-5,12,14H,6-11,15H2. The Hall–Kier alpha value is -0.900. The quantitative estimate of drug-likeness (QED) is 0.850. The summed E-state index contributed by atoms with van der Waals surface area (Å²) in [6.45, 7) is 3.06. The fraction of sp³-hybridized carbons (Fsp3) is 0.571. The van der Waals surface area contributed by atoms with Gasteiger partial charge in [0.25, 0.3) is 0 Å². The van der Waals surface area contributed by atoms with Crippen molar-refractivity contribution >= 4 is 0 Å². The van der Waals surface area contributed by atoms with Crippen LogP contribution in [0.4, 0.5) is 0 Å². The van der Waals surface area contributed by atoms with E-state index in [4.69, 9.17) is 15.2 Å². The van der Waals surface area contributed by atoms with Gasteiger partial charge >= 0.3 is 0 Å². The highest BCUT2D eigenvalue weighted by atomic mass is 16.5. The van der Waals surface area contributed by atoms with Crippen LogP contribution in [0.2, 0.25) is 0 Å². The van der Waals surface area contributed by atoms with E-state index in [0.29, 0.717) is 12.5 Å². The summed E-state index contributed by atoms with van der Waals surface area (Å²) in [7, 11) is 0. The number of nitrogens with two attached hydrogens (primary N) is 1. The van der Waals surface area contributed by atoms with Gasteiger partial charge in [0.2, 0.25) is 0 Å². The number of benzene rings is 1. The molecule has 3 nitrogen and oxygen atoms in total. The Balaban J connectivity index is 1.83. The third-order valence-corrected chi connectivity index (χ3v) is 3.26. The van der Waals surface area contributed by atoms with Crippen LogP contribution in [-0.2, 0) is 9.47 Å². The molecule has 0 aromatic heterocycles. The third-order valence-electron chi connectivity index (χ3n) is 3.26. The van der Waals surface area contributed by atoms with Crippen molar-refractivity contribution in [3.8, 4) is 0 Å². The molecular weight excluding hydrogens is 214 g/mol. The highest BCUT2D eigenvalue weighted by molar-refractivity contribution is 5.17. The molecule has 1 saturated heterocycles. The van der Waals surface area contributed by atoms with E-state index in [1.165, 1.54) is 5.56 Å². The lowest BCUT2D eigenvalue weighted by atomic mass is 10.0. The zero-order valence-corrected chi connectivity index (χ0v) is 10.2. The first-order valence-corrected chi connectivity index (χ1v) is 6.34. The van der Waals surface area contributed by atoms with Gasteiger partial charge in [-0.15, -0.1) is 0 Å². The molecule has 0 amide bonds. The first kappa shape index (κ1) is 12.6. The zero-order valence-electron chi connectivity index (χ0n) is 10.2. The van der Waals surface area contributed by atoms with Gasteiger partial charge in [-0.05, 0) is 24.3 Å². The molecule has 0 radical (unpaired) electrons. The maximum absolute atomic E-state index is 5.94. The monoisotopic (exact) mass is 235 g/mol. The van der Waals surface area contributed by atoms with Gasteiger partial charge in [0.1, 0.15) is 0 Å². The first-order chi connectivity index (χ1) is 8.40. The minimum absolute atomic E-state index is 0.0269. The van der Waals surface area contributed by atoms with E-state index in [1.54, 1.807) is 0 Å². The molecule has 0 spiro atoms. The average Bonchev–Trinajstić information content (AvgIpc) is 2.42. The molecule has 1 aliphatic rings. The van der Waals surface area contributed by atoms with Crippen molar-refractivity contribution in [2.24, 2.45) is 11.7 Å². The number of ether oxygens (including phenoxy) is 2. The molecular formula is C14H21NO2. The fourth-order valence-corrected chi connectivity index (χ4v) is 2.13. The van der Waals surface area contributed by atoms with E-state index in [-0.39, 0.29) is 6.10 Å². The van der Waals surface area contributed by atoms with Gasteiger partial charge in [-0.1, -0.05) is 30.3 Å². The van der Waals surface area contributed by atoms with Crippen molar-refractivity contribution in [1.82, 2.24) is 0 Å². The van der Waals surface area contributed by atoms with Crippen LogP contribution in [0.15, 0.2) is 30.3 Å². The van der Waals surface area contributed by atoms with Crippen molar-refractivity contribution in [3.05, 3.63) is 35.9 Å². The summed E-state index contributed by atoms with van der Waals surface area (Å²) >= 11 is 0. The normalized spacial score (nSPS) is 19.1. The molecule has 1 atom stereocenters. The predicted octanol–water partition coefficient (Wildman–Crippen LogP) is 2.13. The van der Waals surface area contributed by atoms with E-state index in [9.17, 15) is 0 Å². The number of hydrogen-bond donors (Lipinski definition) is 1. The average molecular weight is 235 g/mol. The molecule has 0 aliphatic carbocycles. The van der Waals surface area contributed by atoms with Crippen molar-refractivity contribution in [2.75, 3.05) is 26.4 Å². The minimum atomic E-state index is 0.0269. The predicted molar refractivity (Wildman–Crippen MR) is 67.7 cm³/mol. The molecule has 1 aromatic rings. The smallest absolute Gasteiger partial charge is 0.0947 e. The second-order valence-corrected chi connectivity index (χ2v) is 4.52. The van der Waals surface area contributed by atoms with Crippen molar-refractivity contribution in [3.63, 3.8) is 0 Å². The molecule has 3 heteroatoms. The molecule has 2 N–H and O–H groups in total. The summed E-state index contributed by atoms with van der Waals surface area (Å²) < 4.78 is 11.3. The molecule has 1 unspecified atom stereocenters. The number of rotatable bonds is 5. The lowest BCUT2D eigenvalue weighted by Crippen LogP contribution is -2.23. The van der Waals surface area contributed by atoms with Gasteiger partial charge in [0.15, 0.2) is 0 Å². The molecule has 2 rings (SSSR count). The summed E-state index contributed by atoms with van der Waals surface area (Å²) in [5.74, 6) is 0.626. The highest BCUT2D eigenvalue weighted by Crippen LogP contribution is 2.20. The van der Waals surface area contributed by atoms with E-state index in [1.807, 2.05) is 18.2 Å². The van der Waals surface area contributed by atoms with E-state index in [2.05, 4.69) is 12.1 Å². The highest BCUT2D eigenvalue weighted by Gasteiger charge is 2.17. The maximum atomic E-state index is 5.94. The second kappa shape index (κ2) is 6.74. The molecule has 1 aromatic carbocycles. The Kier molecular flexibility index (Phi) is 4.98. The van der Waals surface area contributed by atoms with Crippen LogP contribution in [-0.4, -0.2) is 26.4 Å². The summed E-state index contributed by atoms with van der Waals surface area (Å²) in [5.41, 5.74) is 6.94. The Morgan fingerprint density at radius 1 is 1.24 bits per heavy atom. The third kappa shape index (κ3) is 3.80. The van der Waals surface area contributed by atoms with E-state index in [0.717, 1.165) is 32.7 Å². The van der Waals surface area contributed by atoms with Crippen LogP contribution in [0.5, 0.6) is 0 Å². The zero-order chi connectivity index (χ0) is 11.9. The lowest BCUT2D eigenvalue weighted by Gasteiger charge is -2.24. The van der Waals surface area contributed by atoms with Gasteiger partial charge in [-0.2, -0.15) is 0 Å². The van der Waals surface area contributed by atoms with Gasteiger partial charge in [0, 0.05) is 19.8 Å². The molecule has 0 bridgehead atoms. The summed E-state index contributed by atoms with van der Waals surface area (Å²) in [4.78, 5) is 0. The van der Waals surface area contributed by atoms with Gasteiger partial charge < -0.3 is 15.2 Å². The van der Waals surface area contributed by atoms with Crippen LogP contribution < -0.4 is 5.73 Å². The summed E-state index contributed by atoms with van der Waals surface area (Å²) in [6.07, 6.45) is 2.23. The molecule has 17 heavy (non-hydrogen) atoms. The van der Waals surface area contributed by atoms with Crippen LogP contribution in [0, 0.1) is 5.92 Å². The van der Waals surface area contributed by atoms with Gasteiger partial charge in [-0.3, -0.25) is 0 Å². The summed E-state index contributed by atoms with van der Waals surface area (Å²) in [5, 5.41) is 0. The second-order valence-electron chi connectivity index (χ2n) is 4.52. The van der Waals surface area contributed by atoms with Crippen molar-refractivity contribution in [2.45, 2.75) is 18.9 Å². The number of hydrogen-bond acceptors (Lipinski definition) is 3. The Morgan fingerprint density at radius 3 is 2.59 bits per heavy atom. The molecule has 1 heterocycles. The molecule has 1 fully saturated rings. The lowest BCUT2D eigenvalue weighted by molar-refractivity contribution is -0.00872. The fourth-order valence-electron chi connectivity index (χ4n) is 2.13. The SMILES string of the molecule is NCC(OCC1CCOCC1)c1ccccc1. The van der Waals surface area contributed by atoms with Gasteiger partial charge in [0.05, 0.1) is 12.7 Å². The van der Waals surface area contributed by atoms with Crippen LogP contribution in [0.3, 0.4) is 0 Å². The van der Waals surface area contributed by atoms with Crippen LogP contribution >= 0.6 is 0 Å². The Labute approximate surface area is 103 Å². The Bertz CT molecular complexity index is 309. The van der Waals surface area contributed by atoms with Crippen LogP contribution in [0.25, 0.3) is 0 Å². The topological polar surface area (TPSA) is 44.5 Å². The van der Waals surface area contributed by atoms with Gasteiger partial charge in [-0.25, -0.2) is 0 Å². The molecule has 0 saturated carbocycles. The van der Waals surface area contributed by atoms with E-state index < -0.39 is 0 Å². The van der Waals surface area contributed by atoms with Crippen molar-refractivity contribution < 1.29 is 9.47 Å². The van der Waals surface area contributed by atoms with Crippen molar-refractivity contribution in [1.29, 1.82) is 0 Å². The molecule has 94 valence electrons. The summed E-state index contributed by atoms with van der Waals surface area (Å²) in [6, 6.07) is 10.2. The first-order valence-electron chi connectivity index (χ1n) is 6.34. The van der Waals surface area contributed by atoms with E-state index >= 15 is 0 Å².